The van der Waals surface area contributed by atoms with Gasteiger partial charge in [-0.2, -0.15) is 0 Å². The first-order valence-corrected chi connectivity index (χ1v) is 5.38. The van der Waals surface area contributed by atoms with Crippen LogP contribution in [0.3, 0.4) is 0 Å². The lowest BCUT2D eigenvalue weighted by Crippen LogP contribution is -2.16. The van der Waals surface area contributed by atoms with Crippen LogP contribution in [0.25, 0.3) is 0 Å². The summed E-state index contributed by atoms with van der Waals surface area (Å²) in [6.07, 6.45) is 0.632. The predicted octanol–water partition coefficient (Wildman–Crippen LogP) is 1.68. The highest BCUT2D eigenvalue weighted by atomic mass is 16.5. The number of ether oxygens (including phenoxy) is 1. The maximum Gasteiger partial charge on any atom is 0.296 e. The van der Waals surface area contributed by atoms with E-state index in [9.17, 15) is 4.79 Å². The van der Waals surface area contributed by atoms with Crippen LogP contribution in [0.2, 0.25) is 0 Å². The van der Waals surface area contributed by atoms with Crippen molar-refractivity contribution in [3.63, 3.8) is 0 Å². The number of benzene rings is 1. The molecular weight excluding hydrogens is 216 g/mol. The highest BCUT2D eigenvalue weighted by molar-refractivity contribution is 5.26. The number of nitrogens with one attached hydrogen (secondary N) is 1. The topological polar surface area (TPSA) is 55.0 Å². The molecule has 0 bridgehead atoms. The standard InChI is InChI=1S/C13H14N2O2/c1-9-11(8-10-6-4-3-5-7-10)14-13(17-2)15-12(9)16/h3-7H,8H2,1-2H3,(H,14,15,16). The molecule has 0 saturated heterocycles. The van der Waals surface area contributed by atoms with Gasteiger partial charge >= 0.3 is 0 Å². The van der Waals surface area contributed by atoms with Crippen LogP contribution < -0.4 is 10.3 Å². The number of aromatic amines is 1. The molecule has 0 fully saturated rings. The van der Waals surface area contributed by atoms with Crippen LogP contribution >= 0.6 is 0 Å². The first-order valence-electron chi connectivity index (χ1n) is 5.38. The smallest absolute Gasteiger partial charge is 0.296 e. The van der Waals surface area contributed by atoms with Crippen LogP contribution in [0, 0.1) is 6.92 Å². The minimum Gasteiger partial charge on any atom is -0.468 e. The molecule has 0 unspecified atom stereocenters. The predicted molar refractivity (Wildman–Crippen MR) is 65.4 cm³/mol. The molecule has 88 valence electrons. The van der Waals surface area contributed by atoms with Crippen LogP contribution in [0.5, 0.6) is 6.01 Å². The summed E-state index contributed by atoms with van der Waals surface area (Å²) in [6.45, 7) is 1.77. The number of methoxy groups -OCH3 is 1. The van der Waals surface area contributed by atoms with E-state index < -0.39 is 0 Å². The molecule has 0 saturated carbocycles. The first kappa shape index (κ1) is 11.4. The highest BCUT2D eigenvalue weighted by Gasteiger charge is 2.08. The summed E-state index contributed by atoms with van der Waals surface area (Å²) in [7, 11) is 1.49. The Morgan fingerprint density at radius 1 is 1.29 bits per heavy atom. The molecule has 0 amide bonds. The summed E-state index contributed by atoms with van der Waals surface area (Å²) in [5.74, 6) is 0. The van der Waals surface area contributed by atoms with E-state index in [1.165, 1.54) is 7.11 Å². The molecule has 0 aliphatic carbocycles. The molecule has 1 aromatic heterocycles. The summed E-state index contributed by atoms with van der Waals surface area (Å²) in [6, 6.07) is 10.2. The molecule has 1 aromatic carbocycles. The maximum absolute atomic E-state index is 11.6. The van der Waals surface area contributed by atoms with E-state index in [2.05, 4.69) is 9.97 Å². The fourth-order valence-corrected chi connectivity index (χ4v) is 1.61. The van der Waals surface area contributed by atoms with Gasteiger partial charge in [-0.3, -0.25) is 9.78 Å². The fourth-order valence-electron chi connectivity index (χ4n) is 1.61. The van der Waals surface area contributed by atoms with Crippen LogP contribution in [-0.2, 0) is 6.42 Å². The van der Waals surface area contributed by atoms with Crippen molar-refractivity contribution in [2.45, 2.75) is 13.3 Å². The molecule has 2 rings (SSSR count). The van der Waals surface area contributed by atoms with E-state index in [0.717, 1.165) is 11.3 Å². The Morgan fingerprint density at radius 2 is 2.00 bits per heavy atom. The molecular formula is C13H14N2O2. The van der Waals surface area contributed by atoms with E-state index in [1.807, 2.05) is 30.3 Å². The van der Waals surface area contributed by atoms with Crippen molar-refractivity contribution >= 4 is 0 Å². The number of aromatic nitrogens is 2. The zero-order chi connectivity index (χ0) is 12.3. The Balaban J connectivity index is 2.39. The second-order valence-electron chi connectivity index (χ2n) is 3.81. The minimum absolute atomic E-state index is 0.150. The Labute approximate surface area is 99.3 Å². The maximum atomic E-state index is 11.6. The van der Waals surface area contributed by atoms with Gasteiger partial charge in [0, 0.05) is 12.0 Å². The molecule has 0 atom stereocenters. The number of H-pyrrole nitrogens is 1. The van der Waals surface area contributed by atoms with Gasteiger partial charge in [-0.05, 0) is 12.5 Å². The third-order valence-electron chi connectivity index (χ3n) is 2.64. The zero-order valence-electron chi connectivity index (χ0n) is 9.86. The van der Waals surface area contributed by atoms with Crippen molar-refractivity contribution in [3.05, 3.63) is 57.5 Å². The van der Waals surface area contributed by atoms with Crippen LogP contribution in [-0.4, -0.2) is 17.1 Å². The Hall–Kier alpha value is -2.10. The van der Waals surface area contributed by atoms with Gasteiger partial charge < -0.3 is 4.74 Å². The average Bonchev–Trinajstić information content (AvgIpc) is 2.36. The summed E-state index contributed by atoms with van der Waals surface area (Å²) in [5.41, 5.74) is 2.35. The molecule has 17 heavy (non-hydrogen) atoms. The number of rotatable bonds is 3. The van der Waals surface area contributed by atoms with Gasteiger partial charge in [-0.15, -0.1) is 0 Å². The van der Waals surface area contributed by atoms with Gasteiger partial charge in [0.15, 0.2) is 0 Å². The Kier molecular flexibility index (Phi) is 3.23. The van der Waals surface area contributed by atoms with Crippen molar-refractivity contribution in [1.29, 1.82) is 0 Å². The second kappa shape index (κ2) is 4.82. The molecule has 0 spiro atoms. The number of hydrogen-bond donors (Lipinski definition) is 1. The van der Waals surface area contributed by atoms with Crippen molar-refractivity contribution in [1.82, 2.24) is 9.97 Å². The third kappa shape index (κ3) is 2.53. The monoisotopic (exact) mass is 230 g/mol. The molecule has 1 N–H and O–H groups in total. The first-order chi connectivity index (χ1) is 8.20. The van der Waals surface area contributed by atoms with Crippen molar-refractivity contribution in [3.8, 4) is 6.01 Å². The summed E-state index contributed by atoms with van der Waals surface area (Å²) < 4.78 is 4.96. The van der Waals surface area contributed by atoms with Gasteiger partial charge in [0.25, 0.3) is 11.6 Å². The summed E-state index contributed by atoms with van der Waals surface area (Å²) in [4.78, 5) is 18.5. The Bertz CT molecular complexity index is 561. The van der Waals surface area contributed by atoms with Gasteiger partial charge in [-0.1, -0.05) is 30.3 Å². The van der Waals surface area contributed by atoms with Crippen LogP contribution in [0.1, 0.15) is 16.8 Å². The minimum atomic E-state index is -0.150. The highest BCUT2D eigenvalue weighted by Crippen LogP contribution is 2.10. The van der Waals surface area contributed by atoms with E-state index in [0.29, 0.717) is 12.0 Å². The van der Waals surface area contributed by atoms with E-state index in [1.54, 1.807) is 6.92 Å². The molecule has 0 aliphatic rings. The molecule has 0 aliphatic heterocycles. The zero-order valence-corrected chi connectivity index (χ0v) is 9.86. The van der Waals surface area contributed by atoms with Crippen molar-refractivity contribution in [2.75, 3.05) is 7.11 Å². The number of hydrogen-bond acceptors (Lipinski definition) is 3. The van der Waals surface area contributed by atoms with Crippen LogP contribution in [0.4, 0.5) is 0 Å². The Morgan fingerprint density at radius 3 is 2.65 bits per heavy atom. The quantitative estimate of drug-likeness (QED) is 0.872. The van der Waals surface area contributed by atoms with E-state index >= 15 is 0 Å². The summed E-state index contributed by atoms with van der Waals surface area (Å²) in [5, 5.41) is 0. The normalized spacial score (nSPS) is 10.2. The molecule has 4 heteroatoms. The fraction of sp³-hybridized carbons (Fsp3) is 0.231. The van der Waals surface area contributed by atoms with Crippen molar-refractivity contribution in [2.24, 2.45) is 0 Å². The van der Waals surface area contributed by atoms with E-state index in [4.69, 9.17) is 4.74 Å². The lowest BCUT2D eigenvalue weighted by Gasteiger charge is -2.06. The average molecular weight is 230 g/mol. The third-order valence-corrected chi connectivity index (χ3v) is 2.64. The molecule has 0 radical (unpaired) electrons. The largest absolute Gasteiger partial charge is 0.468 e. The number of nitrogens with zero attached hydrogens (tertiary/aromatic N) is 1. The SMILES string of the molecule is COc1nc(Cc2ccccc2)c(C)c(=O)[nH]1. The van der Waals surface area contributed by atoms with Gasteiger partial charge in [0.2, 0.25) is 0 Å². The van der Waals surface area contributed by atoms with Gasteiger partial charge in [0.1, 0.15) is 0 Å². The van der Waals surface area contributed by atoms with Crippen LogP contribution in [0.15, 0.2) is 35.1 Å². The van der Waals surface area contributed by atoms with Gasteiger partial charge in [-0.25, -0.2) is 4.98 Å². The lowest BCUT2D eigenvalue weighted by molar-refractivity contribution is 0.376. The van der Waals surface area contributed by atoms with Gasteiger partial charge in [0.05, 0.1) is 12.8 Å². The summed E-state index contributed by atoms with van der Waals surface area (Å²) >= 11 is 0. The van der Waals surface area contributed by atoms with Crippen molar-refractivity contribution < 1.29 is 4.74 Å². The molecule has 1 heterocycles. The molecule has 4 nitrogen and oxygen atoms in total. The van der Waals surface area contributed by atoms with E-state index in [-0.39, 0.29) is 11.6 Å². The molecule has 2 aromatic rings. The second-order valence-corrected chi connectivity index (χ2v) is 3.81. The lowest BCUT2D eigenvalue weighted by atomic mass is 10.1.